The Kier molecular flexibility index (Phi) is 3.65. The number of hydrogen-bond acceptors (Lipinski definition) is 1. The average molecular weight is 192 g/mol. The molecule has 0 radical (unpaired) electrons. The molecular formula is C10H18F2O. The van der Waals surface area contributed by atoms with E-state index >= 15 is 0 Å². The van der Waals surface area contributed by atoms with Crippen molar-refractivity contribution in [1.82, 2.24) is 0 Å². The average Bonchev–Trinajstić information content (AvgIpc) is 2.04. The molecule has 13 heavy (non-hydrogen) atoms. The fraction of sp³-hybridized carbons (Fsp3) is 1.00. The van der Waals surface area contributed by atoms with Crippen LogP contribution in [0.15, 0.2) is 0 Å². The fourth-order valence-corrected chi connectivity index (χ4v) is 1.93. The molecule has 1 nitrogen and oxygen atoms in total. The monoisotopic (exact) mass is 192 g/mol. The van der Waals surface area contributed by atoms with Crippen molar-refractivity contribution in [2.75, 3.05) is 6.61 Å². The molecule has 0 amide bonds. The Morgan fingerprint density at radius 3 is 2.38 bits per heavy atom. The van der Waals surface area contributed by atoms with Gasteiger partial charge in [-0.3, -0.25) is 0 Å². The Balaban J connectivity index is 2.32. The van der Waals surface area contributed by atoms with Crippen molar-refractivity contribution in [2.24, 2.45) is 5.92 Å². The number of halogens is 2. The van der Waals surface area contributed by atoms with Crippen molar-refractivity contribution in [3.8, 4) is 0 Å². The predicted octanol–water partition coefficient (Wildman–Crippen LogP) is 3.24. The Hall–Kier alpha value is -0.180. The normalized spacial score (nSPS) is 25.8. The molecule has 0 bridgehead atoms. The van der Waals surface area contributed by atoms with Crippen LogP contribution in [0.2, 0.25) is 0 Å². The molecule has 1 fully saturated rings. The van der Waals surface area contributed by atoms with Gasteiger partial charge in [-0.15, -0.1) is 0 Å². The molecule has 0 spiro atoms. The molecular weight excluding hydrogens is 174 g/mol. The van der Waals surface area contributed by atoms with Crippen molar-refractivity contribution < 1.29 is 13.5 Å². The maximum Gasteiger partial charge on any atom is 0.248 e. The van der Waals surface area contributed by atoms with Gasteiger partial charge in [0.15, 0.2) is 0 Å². The summed E-state index contributed by atoms with van der Waals surface area (Å²) < 4.78 is 31.0. The van der Waals surface area contributed by atoms with E-state index in [1.807, 2.05) is 13.8 Å². The van der Waals surface area contributed by atoms with E-state index in [0.29, 0.717) is 25.4 Å². The molecule has 0 aliphatic heterocycles. The summed E-state index contributed by atoms with van der Waals surface area (Å²) in [5, 5.41) is 0. The summed E-state index contributed by atoms with van der Waals surface area (Å²) in [7, 11) is 0. The summed E-state index contributed by atoms with van der Waals surface area (Å²) >= 11 is 0. The Morgan fingerprint density at radius 2 is 1.92 bits per heavy atom. The van der Waals surface area contributed by atoms with E-state index in [-0.39, 0.29) is 18.9 Å². The second kappa shape index (κ2) is 4.36. The van der Waals surface area contributed by atoms with Gasteiger partial charge in [-0.05, 0) is 32.6 Å². The number of hydrogen-bond donors (Lipinski definition) is 0. The van der Waals surface area contributed by atoms with E-state index in [4.69, 9.17) is 4.74 Å². The van der Waals surface area contributed by atoms with E-state index in [1.54, 1.807) is 0 Å². The van der Waals surface area contributed by atoms with Gasteiger partial charge in [0.25, 0.3) is 0 Å². The standard InChI is InChI=1S/C10H18F2O/c1-3-13-8(2)9-4-6-10(11,12)7-5-9/h8-9H,3-7H2,1-2H3. The summed E-state index contributed by atoms with van der Waals surface area (Å²) in [6.45, 7) is 4.60. The highest BCUT2D eigenvalue weighted by Crippen LogP contribution is 2.37. The molecule has 0 saturated heterocycles. The van der Waals surface area contributed by atoms with Gasteiger partial charge in [-0.25, -0.2) is 8.78 Å². The molecule has 1 aliphatic carbocycles. The van der Waals surface area contributed by atoms with Gasteiger partial charge >= 0.3 is 0 Å². The molecule has 3 heteroatoms. The summed E-state index contributed by atoms with van der Waals surface area (Å²) in [6, 6.07) is 0. The number of alkyl halides is 2. The summed E-state index contributed by atoms with van der Waals surface area (Å²) in [5.74, 6) is -2.08. The zero-order valence-corrected chi connectivity index (χ0v) is 8.35. The lowest BCUT2D eigenvalue weighted by molar-refractivity contribution is -0.0698. The molecule has 0 aromatic rings. The van der Waals surface area contributed by atoms with Crippen LogP contribution in [-0.2, 0) is 4.74 Å². The van der Waals surface area contributed by atoms with Gasteiger partial charge in [0.2, 0.25) is 5.92 Å². The third kappa shape index (κ3) is 3.22. The highest BCUT2D eigenvalue weighted by Gasteiger charge is 2.36. The van der Waals surface area contributed by atoms with Crippen molar-refractivity contribution in [3.63, 3.8) is 0 Å². The van der Waals surface area contributed by atoms with Gasteiger partial charge in [0, 0.05) is 19.4 Å². The van der Waals surface area contributed by atoms with Crippen LogP contribution in [-0.4, -0.2) is 18.6 Å². The maximum absolute atomic E-state index is 12.8. The lowest BCUT2D eigenvalue weighted by Crippen LogP contribution is -2.31. The molecule has 1 rings (SSSR count). The van der Waals surface area contributed by atoms with Gasteiger partial charge < -0.3 is 4.74 Å². The predicted molar refractivity (Wildman–Crippen MR) is 48.0 cm³/mol. The van der Waals surface area contributed by atoms with Crippen LogP contribution in [0.3, 0.4) is 0 Å². The second-order valence-electron chi connectivity index (χ2n) is 3.85. The van der Waals surface area contributed by atoms with E-state index in [0.717, 1.165) is 0 Å². The zero-order valence-electron chi connectivity index (χ0n) is 8.35. The molecule has 78 valence electrons. The van der Waals surface area contributed by atoms with Gasteiger partial charge in [-0.1, -0.05) is 0 Å². The SMILES string of the molecule is CCOC(C)C1CCC(F)(F)CC1. The van der Waals surface area contributed by atoms with Crippen LogP contribution >= 0.6 is 0 Å². The van der Waals surface area contributed by atoms with E-state index < -0.39 is 5.92 Å². The smallest absolute Gasteiger partial charge is 0.248 e. The lowest BCUT2D eigenvalue weighted by Gasteiger charge is -2.31. The highest BCUT2D eigenvalue weighted by atomic mass is 19.3. The minimum absolute atomic E-state index is 0.0368. The first kappa shape index (κ1) is 10.9. The van der Waals surface area contributed by atoms with E-state index in [2.05, 4.69) is 0 Å². The second-order valence-corrected chi connectivity index (χ2v) is 3.85. The van der Waals surface area contributed by atoms with Crippen molar-refractivity contribution >= 4 is 0 Å². The third-order valence-electron chi connectivity index (χ3n) is 2.86. The van der Waals surface area contributed by atoms with Crippen LogP contribution < -0.4 is 0 Å². The first-order valence-electron chi connectivity index (χ1n) is 5.04. The number of ether oxygens (including phenoxy) is 1. The van der Waals surface area contributed by atoms with Gasteiger partial charge in [0.05, 0.1) is 6.10 Å². The van der Waals surface area contributed by atoms with Crippen LogP contribution in [0.1, 0.15) is 39.5 Å². The van der Waals surface area contributed by atoms with Crippen molar-refractivity contribution in [1.29, 1.82) is 0 Å². The Labute approximate surface area is 78.5 Å². The first-order chi connectivity index (χ1) is 6.05. The molecule has 0 N–H and O–H groups in total. The Morgan fingerprint density at radius 1 is 1.38 bits per heavy atom. The molecule has 1 unspecified atom stereocenters. The third-order valence-corrected chi connectivity index (χ3v) is 2.86. The molecule has 0 aromatic heterocycles. The molecule has 1 aliphatic rings. The van der Waals surface area contributed by atoms with Crippen LogP contribution in [0.5, 0.6) is 0 Å². The largest absolute Gasteiger partial charge is 0.379 e. The van der Waals surface area contributed by atoms with Crippen LogP contribution in [0.4, 0.5) is 8.78 Å². The minimum Gasteiger partial charge on any atom is -0.379 e. The minimum atomic E-state index is -2.41. The van der Waals surface area contributed by atoms with E-state index in [9.17, 15) is 8.78 Å². The molecule has 1 atom stereocenters. The molecule has 1 saturated carbocycles. The summed E-state index contributed by atoms with van der Waals surface area (Å²) in [5.41, 5.74) is 0. The molecule has 0 aromatic carbocycles. The van der Waals surface area contributed by atoms with Crippen molar-refractivity contribution in [2.45, 2.75) is 51.6 Å². The summed E-state index contributed by atoms with van der Waals surface area (Å²) in [4.78, 5) is 0. The van der Waals surface area contributed by atoms with Crippen LogP contribution in [0, 0.1) is 5.92 Å². The topological polar surface area (TPSA) is 9.23 Å². The first-order valence-corrected chi connectivity index (χ1v) is 5.04. The highest BCUT2D eigenvalue weighted by molar-refractivity contribution is 4.80. The maximum atomic E-state index is 12.8. The van der Waals surface area contributed by atoms with Crippen LogP contribution in [0.25, 0.3) is 0 Å². The molecule has 0 heterocycles. The fourth-order valence-electron chi connectivity index (χ4n) is 1.93. The summed E-state index contributed by atoms with van der Waals surface area (Å²) in [6.07, 6.45) is 1.42. The van der Waals surface area contributed by atoms with Gasteiger partial charge in [-0.2, -0.15) is 0 Å². The Bertz CT molecular complexity index is 149. The van der Waals surface area contributed by atoms with Gasteiger partial charge in [0.1, 0.15) is 0 Å². The van der Waals surface area contributed by atoms with Crippen molar-refractivity contribution in [3.05, 3.63) is 0 Å². The number of rotatable bonds is 3. The zero-order chi connectivity index (χ0) is 9.90. The quantitative estimate of drug-likeness (QED) is 0.667. The van der Waals surface area contributed by atoms with E-state index in [1.165, 1.54) is 0 Å². The lowest BCUT2D eigenvalue weighted by atomic mass is 9.84.